The molecule has 1 aliphatic heterocycles. The van der Waals surface area contributed by atoms with Gasteiger partial charge in [0.1, 0.15) is 11.5 Å². The number of rotatable bonds is 3. The predicted molar refractivity (Wildman–Crippen MR) is 109 cm³/mol. The first kappa shape index (κ1) is 18.4. The fourth-order valence-corrected chi connectivity index (χ4v) is 3.90. The Morgan fingerprint density at radius 2 is 1.83 bits per heavy atom. The molecule has 30 heavy (non-hydrogen) atoms. The molecule has 2 aromatic carbocycles. The van der Waals surface area contributed by atoms with Crippen molar-refractivity contribution in [2.75, 3.05) is 0 Å². The summed E-state index contributed by atoms with van der Waals surface area (Å²) in [6.45, 7) is 1.86. The molecule has 0 N–H and O–H groups in total. The normalized spacial score (nSPS) is 13.4. The minimum absolute atomic E-state index is 0.155. The first-order chi connectivity index (χ1) is 14.5. The van der Waals surface area contributed by atoms with Gasteiger partial charge in [-0.2, -0.15) is 5.10 Å². The van der Waals surface area contributed by atoms with Gasteiger partial charge in [0, 0.05) is 11.2 Å². The lowest BCUT2D eigenvalue weighted by atomic mass is 10.1. The monoisotopic (exact) mass is 420 g/mol. The molecule has 0 saturated heterocycles. The summed E-state index contributed by atoms with van der Waals surface area (Å²) in [5, 5.41) is 5.09. The van der Waals surface area contributed by atoms with Gasteiger partial charge in [-0.05, 0) is 30.7 Å². The van der Waals surface area contributed by atoms with Crippen LogP contribution in [0.3, 0.4) is 0 Å². The summed E-state index contributed by atoms with van der Waals surface area (Å²) < 4.78 is 15.8. The number of hydrogen-bond acceptors (Lipinski definition) is 4. The Labute approximate surface area is 175 Å². The Kier molecular flexibility index (Phi) is 4.15. The average molecular weight is 421 g/mol. The summed E-state index contributed by atoms with van der Waals surface area (Å²) >= 11 is 5.85. The zero-order chi connectivity index (χ0) is 21.0. The number of aromatic nitrogens is 3. The second-order valence-corrected chi connectivity index (χ2v) is 7.46. The van der Waals surface area contributed by atoms with Crippen molar-refractivity contribution in [1.82, 2.24) is 19.7 Å². The number of amides is 2. The number of pyridine rings is 1. The number of hydrogen-bond donors (Lipinski definition) is 0. The van der Waals surface area contributed by atoms with Crippen LogP contribution in [0.1, 0.15) is 32.0 Å². The lowest BCUT2D eigenvalue weighted by Crippen LogP contribution is -2.29. The standard InChI is InChI=1S/C22H14ClFN4O2/c1-12-18-19-15(21(29)27(22(19)30)11-13-5-3-2-4-6-13)10-25-20(18)28(26-12)17-8-7-14(23)9-16(17)24/h2-10H,11H2,1H3. The largest absolute Gasteiger partial charge is 0.270 e. The molecular weight excluding hydrogens is 407 g/mol. The Hall–Kier alpha value is -3.58. The van der Waals surface area contributed by atoms with Crippen molar-refractivity contribution in [2.24, 2.45) is 0 Å². The highest BCUT2D eigenvalue weighted by Crippen LogP contribution is 2.33. The number of fused-ring (bicyclic) bond motifs is 3. The second kappa shape index (κ2) is 6.74. The van der Waals surface area contributed by atoms with Gasteiger partial charge in [0.2, 0.25) is 0 Å². The molecule has 6 nitrogen and oxygen atoms in total. The van der Waals surface area contributed by atoms with Crippen LogP contribution in [-0.4, -0.2) is 31.5 Å². The maximum atomic E-state index is 14.5. The maximum absolute atomic E-state index is 14.5. The van der Waals surface area contributed by atoms with Crippen LogP contribution in [0.2, 0.25) is 5.02 Å². The predicted octanol–water partition coefficient (Wildman–Crippen LogP) is 4.32. The molecule has 4 aromatic rings. The van der Waals surface area contributed by atoms with Crippen LogP contribution in [0.4, 0.5) is 4.39 Å². The lowest BCUT2D eigenvalue weighted by molar-refractivity contribution is 0.0643. The minimum atomic E-state index is -0.567. The smallest absolute Gasteiger partial charge is 0.263 e. The van der Waals surface area contributed by atoms with Crippen LogP contribution in [0, 0.1) is 12.7 Å². The van der Waals surface area contributed by atoms with E-state index in [-0.39, 0.29) is 28.4 Å². The molecule has 0 aliphatic carbocycles. The van der Waals surface area contributed by atoms with Crippen molar-refractivity contribution in [1.29, 1.82) is 0 Å². The number of imide groups is 1. The van der Waals surface area contributed by atoms with Crippen molar-refractivity contribution in [3.05, 3.63) is 88.0 Å². The van der Waals surface area contributed by atoms with E-state index in [9.17, 15) is 14.0 Å². The first-order valence-electron chi connectivity index (χ1n) is 9.19. The molecule has 0 unspecified atom stereocenters. The van der Waals surface area contributed by atoms with E-state index in [2.05, 4.69) is 10.1 Å². The highest BCUT2D eigenvalue weighted by Gasteiger charge is 2.39. The van der Waals surface area contributed by atoms with Crippen molar-refractivity contribution < 1.29 is 14.0 Å². The van der Waals surface area contributed by atoms with Gasteiger partial charge in [0.25, 0.3) is 11.8 Å². The van der Waals surface area contributed by atoms with Gasteiger partial charge in [0.15, 0.2) is 5.65 Å². The molecule has 1 aliphatic rings. The zero-order valence-electron chi connectivity index (χ0n) is 15.8. The van der Waals surface area contributed by atoms with E-state index in [1.807, 2.05) is 30.3 Å². The van der Waals surface area contributed by atoms with Gasteiger partial charge in [0.05, 0.1) is 28.8 Å². The van der Waals surface area contributed by atoms with Crippen LogP contribution in [0.5, 0.6) is 0 Å². The summed E-state index contributed by atoms with van der Waals surface area (Å²) in [5.41, 5.74) is 2.25. The van der Waals surface area contributed by atoms with E-state index < -0.39 is 17.6 Å². The average Bonchev–Trinajstić information content (AvgIpc) is 3.18. The van der Waals surface area contributed by atoms with E-state index >= 15 is 0 Å². The molecular formula is C22H14ClFN4O2. The lowest BCUT2D eigenvalue weighted by Gasteiger charge is -2.13. The van der Waals surface area contributed by atoms with Crippen molar-refractivity contribution in [3.63, 3.8) is 0 Å². The van der Waals surface area contributed by atoms with E-state index in [0.717, 1.165) is 5.56 Å². The van der Waals surface area contributed by atoms with Gasteiger partial charge in [-0.25, -0.2) is 14.1 Å². The summed E-state index contributed by atoms with van der Waals surface area (Å²) in [7, 11) is 0. The van der Waals surface area contributed by atoms with Crippen molar-refractivity contribution in [2.45, 2.75) is 13.5 Å². The molecule has 0 bridgehead atoms. The number of aryl methyl sites for hydroxylation is 1. The number of carbonyl (C=O) groups is 2. The minimum Gasteiger partial charge on any atom is -0.270 e. The van der Waals surface area contributed by atoms with Crippen LogP contribution < -0.4 is 0 Å². The van der Waals surface area contributed by atoms with Crippen molar-refractivity contribution >= 4 is 34.4 Å². The Balaban J connectivity index is 1.65. The highest BCUT2D eigenvalue weighted by molar-refractivity contribution is 6.30. The number of benzene rings is 2. The van der Waals surface area contributed by atoms with E-state index in [1.165, 1.54) is 27.9 Å². The molecule has 0 saturated carbocycles. The van der Waals surface area contributed by atoms with Crippen LogP contribution in [0.15, 0.2) is 54.7 Å². The fraction of sp³-hybridized carbons (Fsp3) is 0.0909. The fourth-order valence-electron chi connectivity index (χ4n) is 3.74. The van der Waals surface area contributed by atoms with Gasteiger partial charge < -0.3 is 0 Å². The third kappa shape index (κ3) is 2.70. The van der Waals surface area contributed by atoms with E-state index in [4.69, 9.17) is 11.6 Å². The molecule has 5 rings (SSSR count). The highest BCUT2D eigenvalue weighted by atomic mass is 35.5. The van der Waals surface area contributed by atoms with Crippen LogP contribution >= 0.6 is 11.6 Å². The molecule has 148 valence electrons. The molecule has 0 atom stereocenters. The third-order valence-electron chi connectivity index (χ3n) is 5.13. The van der Waals surface area contributed by atoms with Crippen LogP contribution in [-0.2, 0) is 6.54 Å². The second-order valence-electron chi connectivity index (χ2n) is 7.02. The molecule has 0 radical (unpaired) electrons. The Bertz CT molecular complexity index is 1350. The number of nitrogens with zero attached hydrogens (tertiary/aromatic N) is 4. The van der Waals surface area contributed by atoms with Gasteiger partial charge in [-0.3, -0.25) is 14.5 Å². The molecule has 8 heteroatoms. The first-order valence-corrected chi connectivity index (χ1v) is 9.57. The SMILES string of the molecule is Cc1nn(-c2ccc(Cl)cc2F)c2ncc3c(c12)C(=O)N(Cc1ccccc1)C3=O. The topological polar surface area (TPSA) is 68.1 Å². The molecule has 0 spiro atoms. The summed E-state index contributed by atoms with van der Waals surface area (Å²) in [6, 6.07) is 13.5. The molecule has 2 aromatic heterocycles. The Morgan fingerprint density at radius 3 is 2.57 bits per heavy atom. The summed E-state index contributed by atoms with van der Waals surface area (Å²) in [6.07, 6.45) is 1.36. The number of carbonyl (C=O) groups excluding carboxylic acids is 2. The van der Waals surface area contributed by atoms with Gasteiger partial charge in [-0.15, -0.1) is 0 Å². The summed E-state index contributed by atoms with van der Waals surface area (Å²) in [5.74, 6) is -1.38. The maximum Gasteiger partial charge on any atom is 0.263 e. The third-order valence-corrected chi connectivity index (χ3v) is 5.36. The molecule has 3 heterocycles. The van der Waals surface area contributed by atoms with E-state index in [0.29, 0.717) is 16.7 Å². The molecule has 0 fully saturated rings. The zero-order valence-corrected chi connectivity index (χ0v) is 16.5. The van der Waals surface area contributed by atoms with Gasteiger partial charge in [-0.1, -0.05) is 41.9 Å². The quantitative estimate of drug-likeness (QED) is 0.463. The van der Waals surface area contributed by atoms with Gasteiger partial charge >= 0.3 is 0 Å². The van der Waals surface area contributed by atoms with E-state index in [1.54, 1.807) is 13.0 Å². The number of halogens is 2. The van der Waals surface area contributed by atoms with Crippen molar-refractivity contribution in [3.8, 4) is 5.69 Å². The summed E-state index contributed by atoms with van der Waals surface area (Å²) in [4.78, 5) is 31.6. The molecule has 2 amide bonds. The van der Waals surface area contributed by atoms with Crippen LogP contribution in [0.25, 0.3) is 16.7 Å². The Morgan fingerprint density at radius 1 is 1.07 bits per heavy atom.